The fraction of sp³-hybridized carbons (Fsp3) is 0.455. The van der Waals surface area contributed by atoms with E-state index >= 15 is 0 Å². The second-order valence-electron chi connectivity index (χ2n) is 7.43. The first kappa shape index (κ1) is 20.3. The largest absolute Gasteiger partial charge is 0.493 e. The monoisotopic (exact) mass is 358 g/mol. The van der Waals surface area contributed by atoms with Crippen LogP contribution in [0.25, 0.3) is 0 Å². The molecule has 0 radical (unpaired) electrons. The Morgan fingerprint density at radius 2 is 1.23 bits per heavy atom. The molecule has 2 N–H and O–H groups in total. The number of benzene rings is 2. The van der Waals surface area contributed by atoms with E-state index in [0.29, 0.717) is 13.2 Å². The average Bonchev–Trinajstić information content (AvgIpc) is 2.65. The smallest absolute Gasteiger partial charge is 0.119 e. The van der Waals surface area contributed by atoms with Crippen molar-refractivity contribution in [3.05, 3.63) is 59.7 Å². The molecule has 0 spiro atoms. The van der Waals surface area contributed by atoms with Gasteiger partial charge in [-0.3, -0.25) is 0 Å². The van der Waals surface area contributed by atoms with E-state index in [-0.39, 0.29) is 17.9 Å². The van der Waals surface area contributed by atoms with Crippen molar-refractivity contribution in [3.8, 4) is 11.5 Å². The van der Waals surface area contributed by atoms with Gasteiger partial charge in [-0.1, -0.05) is 45.0 Å². The van der Waals surface area contributed by atoms with E-state index in [1.54, 1.807) is 6.92 Å². The Kier molecular flexibility index (Phi) is 7.06. The zero-order valence-corrected chi connectivity index (χ0v) is 16.1. The minimum Gasteiger partial charge on any atom is -0.493 e. The third-order valence-corrected chi connectivity index (χ3v) is 4.49. The van der Waals surface area contributed by atoms with E-state index in [1.807, 2.05) is 31.2 Å². The van der Waals surface area contributed by atoms with Gasteiger partial charge in [-0.05, 0) is 42.3 Å². The molecule has 2 aromatic rings. The lowest BCUT2D eigenvalue weighted by Gasteiger charge is -2.26. The summed E-state index contributed by atoms with van der Waals surface area (Å²) in [7, 11) is 0. The molecule has 0 aliphatic heterocycles. The highest BCUT2D eigenvalue weighted by molar-refractivity contribution is 5.41. The average molecular weight is 358 g/mol. The third kappa shape index (κ3) is 5.48. The lowest BCUT2D eigenvalue weighted by atomic mass is 9.78. The van der Waals surface area contributed by atoms with Crippen LogP contribution in [0.15, 0.2) is 48.5 Å². The second-order valence-corrected chi connectivity index (χ2v) is 7.43. The number of aliphatic hydroxyl groups is 2. The van der Waals surface area contributed by atoms with Crippen LogP contribution >= 0.6 is 0 Å². The summed E-state index contributed by atoms with van der Waals surface area (Å²) < 4.78 is 11.2. The number of rotatable bonds is 9. The zero-order chi connectivity index (χ0) is 19.2. The molecule has 0 fully saturated rings. The van der Waals surface area contributed by atoms with Gasteiger partial charge in [0.2, 0.25) is 0 Å². The Bertz CT molecular complexity index is 660. The standard InChI is InChI=1S/C22H30O4/c1-16(13-23)14-25-20-9-5-18(6-10-20)22(3,4)19-7-11-21(12-8-19)26-15-17(2)24/h5-12,16-17,23-24H,13-15H2,1-4H3. The van der Waals surface area contributed by atoms with E-state index in [2.05, 4.69) is 38.1 Å². The number of hydrogen-bond donors (Lipinski definition) is 2. The summed E-state index contributed by atoms with van der Waals surface area (Å²) in [6.45, 7) is 8.94. The number of hydrogen-bond acceptors (Lipinski definition) is 4. The lowest BCUT2D eigenvalue weighted by molar-refractivity contribution is 0.122. The van der Waals surface area contributed by atoms with Gasteiger partial charge in [0.1, 0.15) is 18.1 Å². The lowest BCUT2D eigenvalue weighted by Crippen LogP contribution is -2.19. The SMILES string of the molecule is CC(O)COc1ccc(C(C)(C)c2ccc(OCC(C)CO)cc2)cc1. The van der Waals surface area contributed by atoms with Crippen LogP contribution < -0.4 is 9.47 Å². The summed E-state index contributed by atoms with van der Waals surface area (Å²) in [5.74, 6) is 1.69. The van der Waals surface area contributed by atoms with Gasteiger partial charge in [-0.15, -0.1) is 0 Å². The van der Waals surface area contributed by atoms with Crippen molar-refractivity contribution in [2.75, 3.05) is 19.8 Å². The van der Waals surface area contributed by atoms with Gasteiger partial charge in [0.25, 0.3) is 0 Å². The molecule has 2 aromatic carbocycles. The summed E-state index contributed by atoms with van der Waals surface area (Å²) in [5.41, 5.74) is 2.22. The molecule has 0 heterocycles. The molecule has 0 amide bonds. The molecular weight excluding hydrogens is 328 g/mol. The molecule has 4 heteroatoms. The quantitative estimate of drug-likeness (QED) is 0.716. The molecule has 142 valence electrons. The van der Waals surface area contributed by atoms with Crippen molar-refractivity contribution in [3.63, 3.8) is 0 Å². The number of ether oxygens (including phenoxy) is 2. The fourth-order valence-electron chi connectivity index (χ4n) is 2.61. The first-order chi connectivity index (χ1) is 12.3. The van der Waals surface area contributed by atoms with Gasteiger partial charge < -0.3 is 19.7 Å². The van der Waals surface area contributed by atoms with Crippen molar-refractivity contribution in [2.45, 2.75) is 39.2 Å². The first-order valence-corrected chi connectivity index (χ1v) is 9.08. The molecule has 2 atom stereocenters. The Hall–Kier alpha value is -2.04. The summed E-state index contributed by atoms with van der Waals surface area (Å²) >= 11 is 0. The van der Waals surface area contributed by atoms with Gasteiger partial charge in [0.05, 0.1) is 12.7 Å². The van der Waals surface area contributed by atoms with E-state index in [1.165, 1.54) is 11.1 Å². The van der Waals surface area contributed by atoms with Crippen molar-refractivity contribution in [2.24, 2.45) is 5.92 Å². The first-order valence-electron chi connectivity index (χ1n) is 9.08. The molecule has 2 unspecified atom stereocenters. The van der Waals surface area contributed by atoms with Gasteiger partial charge in [0.15, 0.2) is 0 Å². The molecule has 0 saturated heterocycles. The van der Waals surface area contributed by atoms with Gasteiger partial charge >= 0.3 is 0 Å². The second kappa shape index (κ2) is 9.06. The summed E-state index contributed by atoms with van der Waals surface area (Å²) in [4.78, 5) is 0. The van der Waals surface area contributed by atoms with Crippen LogP contribution in [0.1, 0.15) is 38.8 Å². The summed E-state index contributed by atoms with van der Waals surface area (Å²) in [6.07, 6.45) is -0.479. The molecule has 0 aromatic heterocycles. The molecule has 0 aliphatic carbocycles. The highest BCUT2D eigenvalue weighted by Crippen LogP contribution is 2.33. The van der Waals surface area contributed by atoms with E-state index in [0.717, 1.165) is 11.5 Å². The maximum absolute atomic E-state index is 9.30. The normalized spacial score (nSPS) is 13.9. The Morgan fingerprint density at radius 1 is 0.808 bits per heavy atom. The van der Waals surface area contributed by atoms with Crippen LogP contribution in [-0.4, -0.2) is 36.1 Å². The van der Waals surface area contributed by atoms with Crippen LogP contribution in [0.2, 0.25) is 0 Å². The third-order valence-electron chi connectivity index (χ3n) is 4.49. The topological polar surface area (TPSA) is 58.9 Å². The fourth-order valence-corrected chi connectivity index (χ4v) is 2.61. The van der Waals surface area contributed by atoms with Crippen molar-refractivity contribution >= 4 is 0 Å². The minimum atomic E-state index is -0.479. The van der Waals surface area contributed by atoms with Gasteiger partial charge in [-0.2, -0.15) is 0 Å². The maximum Gasteiger partial charge on any atom is 0.119 e. The van der Waals surface area contributed by atoms with Gasteiger partial charge in [-0.25, -0.2) is 0 Å². The Labute approximate surface area is 156 Å². The van der Waals surface area contributed by atoms with E-state index in [9.17, 15) is 5.11 Å². The number of aliphatic hydroxyl groups excluding tert-OH is 2. The molecule has 0 aliphatic rings. The molecular formula is C22H30O4. The van der Waals surface area contributed by atoms with Crippen LogP contribution in [0, 0.1) is 5.92 Å². The highest BCUT2D eigenvalue weighted by atomic mass is 16.5. The van der Waals surface area contributed by atoms with Gasteiger partial charge in [0, 0.05) is 17.9 Å². The Morgan fingerprint density at radius 3 is 1.62 bits per heavy atom. The van der Waals surface area contributed by atoms with Crippen LogP contribution in [0.5, 0.6) is 11.5 Å². The zero-order valence-electron chi connectivity index (χ0n) is 16.1. The van der Waals surface area contributed by atoms with Crippen molar-refractivity contribution in [1.82, 2.24) is 0 Å². The predicted octanol–water partition coefficient (Wildman–Crippen LogP) is 3.78. The van der Waals surface area contributed by atoms with Crippen LogP contribution in [-0.2, 0) is 5.41 Å². The molecule has 0 bridgehead atoms. The Balaban J connectivity index is 2.06. The molecule has 0 saturated carbocycles. The van der Waals surface area contributed by atoms with Crippen LogP contribution in [0.3, 0.4) is 0 Å². The maximum atomic E-state index is 9.30. The van der Waals surface area contributed by atoms with E-state index in [4.69, 9.17) is 14.6 Å². The highest BCUT2D eigenvalue weighted by Gasteiger charge is 2.23. The van der Waals surface area contributed by atoms with Crippen LogP contribution in [0.4, 0.5) is 0 Å². The van der Waals surface area contributed by atoms with E-state index < -0.39 is 6.10 Å². The summed E-state index contributed by atoms with van der Waals surface area (Å²) in [5, 5.41) is 18.4. The molecule has 26 heavy (non-hydrogen) atoms. The van der Waals surface area contributed by atoms with Crippen molar-refractivity contribution < 1.29 is 19.7 Å². The summed E-state index contributed by atoms with van der Waals surface area (Å²) in [6, 6.07) is 16.1. The van der Waals surface area contributed by atoms with Crippen molar-refractivity contribution in [1.29, 1.82) is 0 Å². The molecule has 4 nitrogen and oxygen atoms in total. The molecule has 2 rings (SSSR count). The minimum absolute atomic E-state index is 0.126. The predicted molar refractivity (Wildman–Crippen MR) is 104 cm³/mol.